The summed E-state index contributed by atoms with van der Waals surface area (Å²) in [5, 5.41) is 0. The molecule has 0 saturated heterocycles. The Morgan fingerprint density at radius 2 is 1.21 bits per heavy atom. The van der Waals surface area contributed by atoms with E-state index in [9.17, 15) is 14.2 Å². The van der Waals surface area contributed by atoms with E-state index in [1.807, 2.05) is 0 Å². The van der Waals surface area contributed by atoms with Gasteiger partial charge in [0.1, 0.15) is 12.2 Å². The number of carbonyl (C=O) groups excluding carboxylic acids is 2. The quantitative estimate of drug-likeness (QED) is 0.377. The number of hydrogen-bond donors (Lipinski definition) is 2. The second-order valence-corrected chi connectivity index (χ2v) is 6.16. The topological polar surface area (TPSA) is 140 Å². The van der Waals surface area contributed by atoms with Crippen molar-refractivity contribution in [2.45, 2.75) is 38.9 Å². The zero-order valence-electron chi connectivity index (χ0n) is 14.6. The Balaban J connectivity index is 4.89. The van der Waals surface area contributed by atoms with Crippen molar-refractivity contribution in [3.05, 3.63) is 0 Å². The Bertz CT molecular complexity index is 386. The standard InChI is InChI=1S/C14H28N2O7P/c1-9(13(17)20-3)11(5-7-15)22-24(19)23-12(6-8-16)10(2)14(18)21-4/h9-12H,5-8,15-16H2,1-4H3/q+1. The third-order valence-electron chi connectivity index (χ3n) is 3.61. The molecule has 0 amide bonds. The summed E-state index contributed by atoms with van der Waals surface area (Å²) in [6.07, 6.45) is -0.847. The summed E-state index contributed by atoms with van der Waals surface area (Å²) in [6.45, 7) is 3.65. The highest BCUT2D eigenvalue weighted by Crippen LogP contribution is 2.34. The Kier molecular flexibility index (Phi) is 11.7. The van der Waals surface area contributed by atoms with Crippen molar-refractivity contribution in [3.8, 4) is 0 Å². The lowest BCUT2D eigenvalue weighted by atomic mass is 10.0. The number of hydrogen-bond acceptors (Lipinski definition) is 9. The minimum atomic E-state index is -2.58. The molecule has 0 heterocycles. The zero-order valence-corrected chi connectivity index (χ0v) is 15.5. The maximum atomic E-state index is 12.2. The fraction of sp³-hybridized carbons (Fsp3) is 0.857. The molecule has 0 saturated carbocycles. The minimum Gasteiger partial charge on any atom is -0.469 e. The van der Waals surface area contributed by atoms with Crippen molar-refractivity contribution in [1.82, 2.24) is 0 Å². The normalized spacial score (nSPS) is 16.7. The molecule has 0 aliphatic carbocycles. The van der Waals surface area contributed by atoms with Crippen LogP contribution in [0.4, 0.5) is 0 Å². The number of methoxy groups -OCH3 is 2. The molecule has 4 N–H and O–H groups in total. The second-order valence-electron chi connectivity index (χ2n) is 5.29. The van der Waals surface area contributed by atoms with E-state index in [1.165, 1.54) is 14.2 Å². The van der Waals surface area contributed by atoms with Crippen LogP contribution in [0.3, 0.4) is 0 Å². The summed E-state index contributed by atoms with van der Waals surface area (Å²) in [4.78, 5) is 23.2. The second kappa shape index (κ2) is 12.3. The van der Waals surface area contributed by atoms with E-state index in [-0.39, 0.29) is 13.1 Å². The summed E-state index contributed by atoms with van der Waals surface area (Å²) >= 11 is 0. The maximum Gasteiger partial charge on any atom is 0.698 e. The number of nitrogens with two attached hydrogens (primary N) is 2. The van der Waals surface area contributed by atoms with E-state index in [0.717, 1.165) is 0 Å². The average molecular weight is 367 g/mol. The van der Waals surface area contributed by atoms with Gasteiger partial charge >= 0.3 is 20.2 Å². The van der Waals surface area contributed by atoms with Gasteiger partial charge in [0.15, 0.2) is 0 Å². The Morgan fingerprint density at radius 3 is 1.46 bits per heavy atom. The lowest BCUT2D eigenvalue weighted by molar-refractivity contribution is -0.148. The van der Waals surface area contributed by atoms with Gasteiger partial charge in [-0.1, -0.05) is 0 Å². The fourth-order valence-electron chi connectivity index (χ4n) is 2.04. The van der Waals surface area contributed by atoms with Gasteiger partial charge in [0.25, 0.3) is 0 Å². The first-order valence-electron chi connectivity index (χ1n) is 7.68. The van der Waals surface area contributed by atoms with Gasteiger partial charge in [-0.2, -0.15) is 0 Å². The van der Waals surface area contributed by atoms with Crippen molar-refractivity contribution in [2.75, 3.05) is 27.3 Å². The molecule has 140 valence electrons. The smallest absolute Gasteiger partial charge is 0.469 e. The van der Waals surface area contributed by atoms with Crippen LogP contribution in [-0.4, -0.2) is 51.5 Å². The Morgan fingerprint density at radius 1 is 0.875 bits per heavy atom. The Hall–Kier alpha value is -1.12. The van der Waals surface area contributed by atoms with E-state index in [2.05, 4.69) is 9.47 Å². The first-order valence-corrected chi connectivity index (χ1v) is 8.78. The van der Waals surface area contributed by atoms with E-state index >= 15 is 0 Å². The molecule has 0 rings (SSSR count). The lowest BCUT2D eigenvalue weighted by Crippen LogP contribution is -2.32. The van der Waals surface area contributed by atoms with E-state index in [1.54, 1.807) is 13.8 Å². The molecular weight excluding hydrogens is 339 g/mol. The zero-order chi connectivity index (χ0) is 18.7. The monoisotopic (exact) mass is 367 g/mol. The van der Waals surface area contributed by atoms with Gasteiger partial charge in [-0.15, -0.1) is 9.05 Å². The molecule has 0 bridgehead atoms. The van der Waals surface area contributed by atoms with Crippen LogP contribution in [0.25, 0.3) is 0 Å². The van der Waals surface area contributed by atoms with Gasteiger partial charge in [0, 0.05) is 4.57 Å². The molecule has 0 aromatic carbocycles. The van der Waals surface area contributed by atoms with Crippen LogP contribution in [-0.2, 0) is 32.7 Å². The van der Waals surface area contributed by atoms with Crippen molar-refractivity contribution >= 4 is 20.2 Å². The summed E-state index contributed by atoms with van der Waals surface area (Å²) < 4.78 is 32.1. The van der Waals surface area contributed by atoms with Crippen LogP contribution in [0.5, 0.6) is 0 Å². The van der Waals surface area contributed by atoms with E-state index in [0.29, 0.717) is 12.8 Å². The van der Waals surface area contributed by atoms with Crippen molar-refractivity contribution < 1.29 is 32.7 Å². The van der Waals surface area contributed by atoms with E-state index in [4.69, 9.17) is 20.5 Å². The fourth-order valence-corrected chi connectivity index (χ4v) is 3.11. The molecule has 0 aliphatic rings. The van der Waals surface area contributed by atoms with Gasteiger partial charge in [-0.3, -0.25) is 9.59 Å². The van der Waals surface area contributed by atoms with E-state index < -0.39 is 44.2 Å². The molecule has 0 aromatic rings. The highest BCUT2D eigenvalue weighted by atomic mass is 31.1. The number of carbonyl (C=O) groups is 2. The third kappa shape index (κ3) is 7.63. The Labute approximate surface area is 143 Å². The average Bonchev–Trinajstić information content (AvgIpc) is 2.58. The molecule has 4 unspecified atom stereocenters. The van der Waals surface area contributed by atoms with Crippen molar-refractivity contribution in [1.29, 1.82) is 0 Å². The molecule has 0 spiro atoms. The largest absolute Gasteiger partial charge is 0.698 e. The van der Waals surface area contributed by atoms with Crippen LogP contribution >= 0.6 is 8.25 Å². The molecule has 0 radical (unpaired) electrons. The highest BCUT2D eigenvalue weighted by molar-refractivity contribution is 7.33. The minimum absolute atomic E-state index is 0.236. The molecule has 9 nitrogen and oxygen atoms in total. The van der Waals surface area contributed by atoms with Crippen LogP contribution in [0.2, 0.25) is 0 Å². The SMILES string of the molecule is COC(=O)C(C)C(CCN)O[P+](=O)OC(CCN)C(C)C(=O)OC. The molecule has 0 aliphatic heterocycles. The predicted molar refractivity (Wildman–Crippen MR) is 87.1 cm³/mol. The molecule has 0 fully saturated rings. The van der Waals surface area contributed by atoms with Gasteiger partial charge in [0.2, 0.25) is 0 Å². The maximum absolute atomic E-state index is 12.2. The molecule has 4 atom stereocenters. The summed E-state index contributed by atoms with van der Waals surface area (Å²) in [5.74, 6) is -2.32. The first kappa shape index (κ1) is 22.9. The predicted octanol–water partition coefficient (Wildman–Crippen LogP) is 0.730. The van der Waals surface area contributed by atoms with Crippen molar-refractivity contribution in [3.63, 3.8) is 0 Å². The molecule has 10 heteroatoms. The van der Waals surface area contributed by atoms with Crippen LogP contribution in [0, 0.1) is 11.8 Å². The summed E-state index contributed by atoms with van der Waals surface area (Å²) in [7, 11) is -0.0752. The van der Waals surface area contributed by atoms with Crippen LogP contribution in [0.15, 0.2) is 0 Å². The van der Waals surface area contributed by atoms with Gasteiger partial charge in [-0.05, 0) is 39.8 Å². The number of rotatable bonds is 12. The summed E-state index contributed by atoms with van der Waals surface area (Å²) in [5.41, 5.74) is 11.0. The molecule has 0 aromatic heterocycles. The third-order valence-corrected chi connectivity index (χ3v) is 4.49. The van der Waals surface area contributed by atoms with Gasteiger partial charge < -0.3 is 20.9 Å². The molecular formula is C14H28N2O7P+. The van der Waals surface area contributed by atoms with Gasteiger partial charge in [0.05, 0.1) is 26.1 Å². The summed E-state index contributed by atoms with van der Waals surface area (Å²) in [6, 6.07) is 0. The number of ether oxygens (including phenoxy) is 2. The number of esters is 2. The van der Waals surface area contributed by atoms with Gasteiger partial charge in [-0.25, -0.2) is 0 Å². The highest BCUT2D eigenvalue weighted by Gasteiger charge is 2.39. The first-order chi connectivity index (χ1) is 11.3. The van der Waals surface area contributed by atoms with Crippen LogP contribution in [0.1, 0.15) is 26.7 Å². The molecule has 24 heavy (non-hydrogen) atoms. The van der Waals surface area contributed by atoms with Crippen molar-refractivity contribution in [2.24, 2.45) is 23.3 Å². The lowest BCUT2D eigenvalue weighted by Gasteiger charge is -2.18. The van der Waals surface area contributed by atoms with Crippen LogP contribution < -0.4 is 11.5 Å².